The van der Waals surface area contributed by atoms with Gasteiger partial charge in [0.1, 0.15) is 5.75 Å². The first kappa shape index (κ1) is 15.3. The Hall–Kier alpha value is -2.29. The smallest absolute Gasteiger partial charge is 0.227 e. The first-order valence-corrected chi connectivity index (χ1v) is 8.81. The number of nitrogens with zero attached hydrogens (tertiary/aromatic N) is 1. The van der Waals surface area contributed by atoms with Crippen molar-refractivity contribution in [2.45, 2.75) is 38.0 Å². The maximum Gasteiger partial charge on any atom is 0.227 e. The summed E-state index contributed by atoms with van der Waals surface area (Å²) in [6, 6.07) is 14.6. The van der Waals surface area contributed by atoms with E-state index < -0.39 is 0 Å². The van der Waals surface area contributed by atoms with Crippen LogP contribution in [0.2, 0.25) is 0 Å². The van der Waals surface area contributed by atoms with E-state index in [1.807, 2.05) is 17.0 Å². The van der Waals surface area contributed by atoms with Gasteiger partial charge in [-0.2, -0.15) is 0 Å². The summed E-state index contributed by atoms with van der Waals surface area (Å²) >= 11 is 0. The molecule has 0 bridgehead atoms. The van der Waals surface area contributed by atoms with Gasteiger partial charge in [-0.3, -0.25) is 4.79 Å². The van der Waals surface area contributed by atoms with E-state index in [1.54, 1.807) is 7.11 Å². The van der Waals surface area contributed by atoms with Gasteiger partial charge in [0.15, 0.2) is 0 Å². The largest absolute Gasteiger partial charge is 0.497 e. The fourth-order valence-electron chi connectivity index (χ4n) is 4.15. The quantitative estimate of drug-likeness (QED) is 0.852. The number of rotatable bonds is 3. The van der Waals surface area contributed by atoms with Gasteiger partial charge in [0.2, 0.25) is 5.91 Å². The lowest BCUT2D eigenvalue weighted by Crippen LogP contribution is -2.30. The van der Waals surface area contributed by atoms with Crippen molar-refractivity contribution < 1.29 is 9.53 Å². The number of hydrogen-bond donors (Lipinski definition) is 0. The average Bonchev–Trinajstić information content (AvgIpc) is 3.05. The number of ether oxygens (including phenoxy) is 1. The lowest BCUT2D eigenvalue weighted by atomic mass is 9.80. The molecule has 124 valence electrons. The molecule has 0 aromatic heterocycles. The molecular formula is C21H23NO2. The molecule has 0 spiro atoms. The van der Waals surface area contributed by atoms with E-state index in [4.69, 9.17) is 4.74 Å². The maximum absolute atomic E-state index is 12.9. The number of hydrogen-bond acceptors (Lipinski definition) is 2. The Morgan fingerprint density at radius 1 is 1.17 bits per heavy atom. The zero-order valence-corrected chi connectivity index (χ0v) is 14.1. The summed E-state index contributed by atoms with van der Waals surface area (Å²) < 4.78 is 5.34. The zero-order chi connectivity index (χ0) is 16.5. The van der Waals surface area contributed by atoms with Crippen LogP contribution in [0.5, 0.6) is 5.75 Å². The molecule has 1 heterocycles. The van der Waals surface area contributed by atoms with E-state index in [2.05, 4.69) is 30.3 Å². The van der Waals surface area contributed by atoms with Crippen molar-refractivity contribution >= 4 is 11.6 Å². The molecule has 3 nitrogen and oxygen atoms in total. The number of fused-ring (bicyclic) bond motifs is 2. The Bertz CT molecular complexity index is 768. The van der Waals surface area contributed by atoms with E-state index in [0.717, 1.165) is 43.7 Å². The third-order valence-electron chi connectivity index (χ3n) is 5.40. The second kappa shape index (κ2) is 6.31. The first-order valence-electron chi connectivity index (χ1n) is 8.81. The highest BCUT2D eigenvalue weighted by Crippen LogP contribution is 2.37. The lowest BCUT2D eigenvalue weighted by molar-refractivity contribution is -0.119. The summed E-state index contributed by atoms with van der Waals surface area (Å²) in [5.41, 5.74) is 5.08. The Balaban J connectivity index is 1.54. The number of anilines is 1. The summed E-state index contributed by atoms with van der Waals surface area (Å²) in [5.74, 6) is 1.50. The van der Waals surface area contributed by atoms with Crippen molar-refractivity contribution in [3.8, 4) is 5.75 Å². The van der Waals surface area contributed by atoms with Crippen LogP contribution in [-0.4, -0.2) is 19.6 Å². The Morgan fingerprint density at radius 2 is 2.04 bits per heavy atom. The molecule has 1 atom stereocenters. The van der Waals surface area contributed by atoms with Gasteiger partial charge in [-0.05, 0) is 66.5 Å². The summed E-state index contributed by atoms with van der Waals surface area (Å²) in [6.07, 6.45) is 4.91. The molecule has 0 fully saturated rings. The van der Waals surface area contributed by atoms with Crippen molar-refractivity contribution in [2.24, 2.45) is 0 Å². The second-order valence-corrected chi connectivity index (χ2v) is 6.78. The third kappa shape index (κ3) is 2.68. The van der Waals surface area contributed by atoms with Gasteiger partial charge in [-0.15, -0.1) is 0 Å². The standard InChI is InChI=1S/C21H23NO2/c1-24-18-9-10-19-16(13-18)6-4-7-17(19)14-21(23)22-12-11-15-5-2-3-8-20(15)22/h2-3,5,8-10,13,17H,4,6-7,11-12,14H2,1H3/t17-/m1/s1. The lowest BCUT2D eigenvalue weighted by Gasteiger charge is -2.27. The van der Waals surface area contributed by atoms with Crippen LogP contribution in [0.4, 0.5) is 5.69 Å². The van der Waals surface area contributed by atoms with Crippen molar-refractivity contribution in [1.82, 2.24) is 0 Å². The van der Waals surface area contributed by atoms with Gasteiger partial charge in [0, 0.05) is 18.7 Å². The highest BCUT2D eigenvalue weighted by Gasteiger charge is 2.28. The van der Waals surface area contributed by atoms with Gasteiger partial charge < -0.3 is 9.64 Å². The van der Waals surface area contributed by atoms with Crippen LogP contribution >= 0.6 is 0 Å². The van der Waals surface area contributed by atoms with Crippen LogP contribution in [0, 0.1) is 0 Å². The number of para-hydroxylation sites is 1. The maximum atomic E-state index is 12.9. The third-order valence-corrected chi connectivity index (χ3v) is 5.40. The fourth-order valence-corrected chi connectivity index (χ4v) is 4.15. The number of carbonyl (C=O) groups is 1. The zero-order valence-electron chi connectivity index (χ0n) is 14.1. The Kier molecular flexibility index (Phi) is 4.01. The molecule has 0 saturated heterocycles. The Morgan fingerprint density at radius 3 is 2.92 bits per heavy atom. The van der Waals surface area contributed by atoms with Gasteiger partial charge >= 0.3 is 0 Å². The number of methoxy groups -OCH3 is 1. The number of amides is 1. The van der Waals surface area contributed by atoms with E-state index in [9.17, 15) is 4.79 Å². The minimum atomic E-state index is 0.258. The SMILES string of the molecule is COc1ccc2c(c1)CCC[C@@H]2CC(=O)N1CCc2ccccc21. The molecule has 24 heavy (non-hydrogen) atoms. The Labute approximate surface area is 143 Å². The number of aryl methyl sites for hydroxylation is 1. The van der Waals surface area contributed by atoms with Gasteiger partial charge in [-0.1, -0.05) is 24.3 Å². The molecule has 1 aliphatic heterocycles. The van der Waals surface area contributed by atoms with Gasteiger partial charge in [0.05, 0.1) is 7.11 Å². The monoisotopic (exact) mass is 321 g/mol. The molecule has 2 aromatic carbocycles. The highest BCUT2D eigenvalue weighted by atomic mass is 16.5. The van der Waals surface area contributed by atoms with E-state index >= 15 is 0 Å². The molecule has 1 aliphatic carbocycles. The van der Waals surface area contributed by atoms with Crippen molar-refractivity contribution in [3.05, 3.63) is 59.2 Å². The molecule has 0 N–H and O–H groups in total. The van der Waals surface area contributed by atoms with Crippen LogP contribution in [0.3, 0.4) is 0 Å². The fraction of sp³-hybridized carbons (Fsp3) is 0.381. The summed E-state index contributed by atoms with van der Waals surface area (Å²) in [7, 11) is 1.70. The van der Waals surface area contributed by atoms with Crippen LogP contribution in [0.25, 0.3) is 0 Å². The predicted octanol–water partition coefficient (Wildman–Crippen LogP) is 4.09. The van der Waals surface area contributed by atoms with E-state index in [0.29, 0.717) is 12.3 Å². The van der Waals surface area contributed by atoms with Crippen molar-refractivity contribution in [3.63, 3.8) is 0 Å². The van der Waals surface area contributed by atoms with Crippen LogP contribution in [0.15, 0.2) is 42.5 Å². The molecule has 2 aliphatic rings. The highest BCUT2D eigenvalue weighted by molar-refractivity contribution is 5.95. The summed E-state index contributed by atoms with van der Waals surface area (Å²) in [5, 5.41) is 0. The van der Waals surface area contributed by atoms with E-state index in [1.165, 1.54) is 16.7 Å². The summed E-state index contributed by atoms with van der Waals surface area (Å²) in [6.45, 7) is 0.820. The number of benzene rings is 2. The van der Waals surface area contributed by atoms with Gasteiger partial charge in [-0.25, -0.2) is 0 Å². The van der Waals surface area contributed by atoms with Crippen LogP contribution in [0.1, 0.15) is 41.9 Å². The average molecular weight is 321 g/mol. The van der Waals surface area contributed by atoms with E-state index in [-0.39, 0.29) is 5.91 Å². The minimum absolute atomic E-state index is 0.258. The van der Waals surface area contributed by atoms with Crippen LogP contribution in [-0.2, 0) is 17.6 Å². The molecule has 0 saturated carbocycles. The molecular weight excluding hydrogens is 298 g/mol. The summed E-state index contributed by atoms with van der Waals surface area (Å²) in [4.78, 5) is 14.9. The minimum Gasteiger partial charge on any atom is -0.497 e. The van der Waals surface area contributed by atoms with Crippen LogP contribution < -0.4 is 9.64 Å². The van der Waals surface area contributed by atoms with Crippen molar-refractivity contribution in [1.29, 1.82) is 0 Å². The molecule has 0 unspecified atom stereocenters. The normalized spacial score (nSPS) is 18.9. The molecule has 0 radical (unpaired) electrons. The molecule has 1 amide bonds. The first-order chi connectivity index (χ1) is 11.8. The van der Waals surface area contributed by atoms with Gasteiger partial charge in [0.25, 0.3) is 0 Å². The second-order valence-electron chi connectivity index (χ2n) is 6.78. The predicted molar refractivity (Wildman–Crippen MR) is 95.8 cm³/mol. The molecule has 4 rings (SSSR count). The molecule has 2 aromatic rings. The number of carbonyl (C=O) groups excluding carboxylic acids is 1. The topological polar surface area (TPSA) is 29.5 Å². The van der Waals surface area contributed by atoms with Crippen molar-refractivity contribution in [2.75, 3.05) is 18.6 Å². The molecule has 3 heteroatoms.